The molecule has 1 aromatic heterocycles. The van der Waals surface area contributed by atoms with Gasteiger partial charge in [0.25, 0.3) is 0 Å². The van der Waals surface area contributed by atoms with Crippen molar-refractivity contribution in [1.82, 2.24) is 10.2 Å². The molecule has 1 rings (SSSR count). The summed E-state index contributed by atoms with van der Waals surface area (Å²) >= 11 is 0. The monoisotopic (exact) mass is 170 g/mol. The van der Waals surface area contributed by atoms with Gasteiger partial charge in [0.2, 0.25) is 5.89 Å². The van der Waals surface area contributed by atoms with Gasteiger partial charge in [-0.15, -0.1) is 5.10 Å². The zero-order valence-corrected chi connectivity index (χ0v) is 7.61. The van der Waals surface area contributed by atoms with E-state index in [2.05, 4.69) is 10.2 Å². The van der Waals surface area contributed by atoms with Crippen LogP contribution in [-0.2, 0) is 0 Å². The van der Waals surface area contributed by atoms with Crippen molar-refractivity contribution in [3.63, 3.8) is 0 Å². The molecule has 2 N–H and O–H groups in total. The van der Waals surface area contributed by atoms with E-state index in [0.717, 1.165) is 6.54 Å². The molecule has 0 aromatic carbocycles. The van der Waals surface area contributed by atoms with Crippen molar-refractivity contribution in [1.29, 1.82) is 0 Å². The van der Waals surface area contributed by atoms with Crippen LogP contribution in [0.4, 0.5) is 6.01 Å². The predicted molar refractivity (Wildman–Crippen MR) is 45.8 cm³/mol. The minimum Gasteiger partial charge on any atom is -0.406 e. The zero-order chi connectivity index (χ0) is 9.14. The van der Waals surface area contributed by atoms with Crippen LogP contribution < -0.4 is 10.6 Å². The highest BCUT2D eigenvalue weighted by atomic mass is 16.4. The lowest BCUT2D eigenvalue weighted by Gasteiger charge is -2.08. The summed E-state index contributed by atoms with van der Waals surface area (Å²) in [4.78, 5) is 1.86. The first-order chi connectivity index (χ1) is 5.65. The lowest BCUT2D eigenvalue weighted by Crippen LogP contribution is -2.15. The smallest absolute Gasteiger partial charge is 0.317 e. The molecule has 0 bridgehead atoms. The Morgan fingerprint density at radius 1 is 1.58 bits per heavy atom. The molecule has 0 saturated heterocycles. The fourth-order valence-electron chi connectivity index (χ4n) is 0.700. The summed E-state index contributed by atoms with van der Waals surface area (Å²) in [5, 5.41) is 7.64. The third-order valence-corrected chi connectivity index (χ3v) is 1.62. The van der Waals surface area contributed by atoms with Crippen LogP contribution in [0.3, 0.4) is 0 Å². The molecule has 0 aliphatic carbocycles. The van der Waals surface area contributed by atoms with Gasteiger partial charge in [0.05, 0.1) is 6.04 Å². The van der Waals surface area contributed by atoms with E-state index < -0.39 is 0 Å². The van der Waals surface area contributed by atoms with Crippen molar-refractivity contribution >= 4 is 6.01 Å². The first kappa shape index (κ1) is 8.99. The van der Waals surface area contributed by atoms with Crippen LogP contribution in [0.2, 0.25) is 0 Å². The Bertz CT molecular complexity index is 245. The molecule has 0 aliphatic heterocycles. The lowest BCUT2D eigenvalue weighted by atomic mass is 10.4. The van der Waals surface area contributed by atoms with E-state index in [1.807, 2.05) is 25.8 Å². The molecule has 68 valence electrons. The summed E-state index contributed by atoms with van der Waals surface area (Å²) in [6, 6.07) is 0.321. The van der Waals surface area contributed by atoms with Crippen LogP contribution in [0.15, 0.2) is 4.42 Å². The maximum Gasteiger partial charge on any atom is 0.317 e. The van der Waals surface area contributed by atoms with Crippen LogP contribution in [0.1, 0.15) is 25.8 Å². The van der Waals surface area contributed by atoms with Crippen molar-refractivity contribution in [2.45, 2.75) is 19.9 Å². The van der Waals surface area contributed by atoms with Gasteiger partial charge in [0.1, 0.15) is 0 Å². The van der Waals surface area contributed by atoms with E-state index in [1.54, 1.807) is 0 Å². The maximum absolute atomic E-state index is 5.55. The second-order valence-corrected chi connectivity index (χ2v) is 2.73. The molecule has 0 amide bonds. The Balaban J connectivity index is 2.77. The van der Waals surface area contributed by atoms with Crippen molar-refractivity contribution in [3.8, 4) is 0 Å². The van der Waals surface area contributed by atoms with Gasteiger partial charge in [-0.3, -0.25) is 0 Å². The van der Waals surface area contributed by atoms with Gasteiger partial charge in [0, 0.05) is 13.6 Å². The van der Waals surface area contributed by atoms with Crippen LogP contribution in [0.5, 0.6) is 0 Å². The second kappa shape index (κ2) is 3.53. The quantitative estimate of drug-likeness (QED) is 0.717. The van der Waals surface area contributed by atoms with Crippen LogP contribution in [-0.4, -0.2) is 23.8 Å². The summed E-state index contributed by atoms with van der Waals surface area (Å²) in [6.07, 6.45) is 0. The first-order valence-electron chi connectivity index (χ1n) is 3.95. The molecule has 0 fully saturated rings. The molecule has 5 heteroatoms. The fraction of sp³-hybridized carbons (Fsp3) is 0.714. The molecule has 1 unspecified atom stereocenters. The standard InChI is InChI=1S/C7H14N4O/c1-4-11(3)7-10-9-6(12-7)5(2)8/h5H,4,8H2,1-3H3. The summed E-state index contributed by atoms with van der Waals surface area (Å²) in [6.45, 7) is 4.65. The van der Waals surface area contributed by atoms with Gasteiger partial charge >= 0.3 is 6.01 Å². The van der Waals surface area contributed by atoms with Crippen molar-refractivity contribution < 1.29 is 4.42 Å². The minimum absolute atomic E-state index is 0.198. The number of anilines is 1. The largest absolute Gasteiger partial charge is 0.406 e. The topological polar surface area (TPSA) is 68.2 Å². The van der Waals surface area contributed by atoms with Crippen LogP contribution in [0.25, 0.3) is 0 Å². The second-order valence-electron chi connectivity index (χ2n) is 2.73. The van der Waals surface area contributed by atoms with Crippen molar-refractivity contribution in [2.75, 3.05) is 18.5 Å². The van der Waals surface area contributed by atoms with Crippen molar-refractivity contribution in [2.24, 2.45) is 5.73 Å². The summed E-state index contributed by atoms with van der Waals surface area (Å²) in [5.74, 6) is 0.477. The minimum atomic E-state index is -0.198. The highest BCUT2D eigenvalue weighted by Gasteiger charge is 2.11. The van der Waals surface area contributed by atoms with E-state index >= 15 is 0 Å². The molecule has 1 atom stereocenters. The first-order valence-corrected chi connectivity index (χ1v) is 3.95. The molecule has 0 radical (unpaired) electrons. The van der Waals surface area contributed by atoms with Crippen molar-refractivity contribution in [3.05, 3.63) is 5.89 Å². The van der Waals surface area contributed by atoms with Gasteiger partial charge in [0.15, 0.2) is 0 Å². The van der Waals surface area contributed by atoms with Gasteiger partial charge in [-0.1, -0.05) is 5.10 Å². The molecule has 5 nitrogen and oxygen atoms in total. The van der Waals surface area contributed by atoms with Crippen LogP contribution >= 0.6 is 0 Å². The van der Waals surface area contributed by atoms with E-state index in [4.69, 9.17) is 10.2 Å². The number of nitrogens with zero attached hydrogens (tertiary/aromatic N) is 3. The third kappa shape index (κ3) is 1.73. The highest BCUT2D eigenvalue weighted by Crippen LogP contribution is 2.13. The van der Waals surface area contributed by atoms with Crippen LogP contribution in [0, 0.1) is 0 Å². The zero-order valence-electron chi connectivity index (χ0n) is 7.61. The summed E-state index contributed by atoms with van der Waals surface area (Å²) < 4.78 is 5.28. The summed E-state index contributed by atoms with van der Waals surface area (Å²) in [5.41, 5.74) is 5.55. The Morgan fingerprint density at radius 2 is 2.25 bits per heavy atom. The molecule has 0 aliphatic rings. The molecule has 0 saturated carbocycles. The Labute approximate surface area is 71.6 Å². The SMILES string of the molecule is CCN(C)c1nnc(C(C)N)o1. The molecule has 1 heterocycles. The Kier molecular flexibility index (Phi) is 2.65. The highest BCUT2D eigenvalue weighted by molar-refractivity contribution is 5.21. The van der Waals surface area contributed by atoms with E-state index in [0.29, 0.717) is 11.9 Å². The average molecular weight is 170 g/mol. The van der Waals surface area contributed by atoms with E-state index in [1.165, 1.54) is 0 Å². The number of hydrogen-bond donors (Lipinski definition) is 1. The van der Waals surface area contributed by atoms with E-state index in [9.17, 15) is 0 Å². The van der Waals surface area contributed by atoms with Gasteiger partial charge in [-0.2, -0.15) is 0 Å². The normalized spacial score (nSPS) is 13.0. The number of nitrogens with two attached hydrogens (primary N) is 1. The molecular formula is C7H14N4O. The summed E-state index contributed by atoms with van der Waals surface area (Å²) in [7, 11) is 1.89. The molecule has 12 heavy (non-hydrogen) atoms. The molecule has 1 aromatic rings. The van der Waals surface area contributed by atoms with Gasteiger partial charge in [-0.05, 0) is 13.8 Å². The Hall–Kier alpha value is -1.10. The maximum atomic E-state index is 5.55. The average Bonchev–Trinajstić information content (AvgIpc) is 2.51. The predicted octanol–water partition coefficient (Wildman–Crippen LogP) is 0.545. The lowest BCUT2D eigenvalue weighted by molar-refractivity contribution is 0.462. The van der Waals surface area contributed by atoms with E-state index in [-0.39, 0.29) is 6.04 Å². The van der Waals surface area contributed by atoms with Gasteiger partial charge < -0.3 is 15.1 Å². The molecule has 0 spiro atoms. The number of rotatable bonds is 3. The van der Waals surface area contributed by atoms with Gasteiger partial charge in [-0.25, -0.2) is 0 Å². The number of hydrogen-bond acceptors (Lipinski definition) is 5. The fourth-order valence-corrected chi connectivity index (χ4v) is 0.700. The third-order valence-electron chi connectivity index (χ3n) is 1.62. The Morgan fingerprint density at radius 3 is 2.67 bits per heavy atom. The molecular weight excluding hydrogens is 156 g/mol. The number of aromatic nitrogens is 2.